The van der Waals surface area contributed by atoms with Crippen LogP contribution in [0.25, 0.3) is 0 Å². The van der Waals surface area contributed by atoms with Gasteiger partial charge in [0.2, 0.25) is 11.8 Å². The average molecular weight is 478 g/mol. The van der Waals surface area contributed by atoms with E-state index < -0.39 is 17.4 Å². The van der Waals surface area contributed by atoms with Crippen molar-refractivity contribution >= 4 is 17.8 Å². The molecule has 2 unspecified atom stereocenters. The summed E-state index contributed by atoms with van der Waals surface area (Å²) in [6.45, 7) is 14.5. The van der Waals surface area contributed by atoms with Crippen LogP contribution in [0.3, 0.4) is 0 Å². The number of carbonyl (C=O) groups excluding carboxylic acids is 2. The third-order valence-corrected chi connectivity index (χ3v) is 7.84. The smallest absolute Gasteiger partial charge is 0.331 e. The highest BCUT2D eigenvalue weighted by molar-refractivity contribution is 5.91. The van der Waals surface area contributed by atoms with Crippen molar-refractivity contribution in [3.63, 3.8) is 0 Å². The zero-order valence-electron chi connectivity index (χ0n) is 22.6. The zero-order valence-corrected chi connectivity index (χ0v) is 22.6. The number of hydrogen-bond acceptors (Lipinski definition) is 4. The van der Waals surface area contributed by atoms with Crippen LogP contribution >= 0.6 is 0 Å². The first kappa shape index (κ1) is 28.3. The highest BCUT2D eigenvalue weighted by atomic mass is 16.4. The van der Waals surface area contributed by atoms with Crippen molar-refractivity contribution in [3.8, 4) is 0 Å². The number of amides is 2. The summed E-state index contributed by atoms with van der Waals surface area (Å²) in [6.07, 6.45) is 8.33. The number of piperidine rings is 1. The minimum Gasteiger partial charge on any atom is -0.478 e. The molecule has 2 N–H and O–H groups in total. The second-order valence-electron chi connectivity index (χ2n) is 11.8. The molecule has 1 aliphatic carbocycles. The Morgan fingerprint density at radius 1 is 1.06 bits per heavy atom. The number of rotatable bonds is 9. The van der Waals surface area contributed by atoms with E-state index in [0.717, 1.165) is 25.8 Å². The number of carboxylic acids is 1. The molecule has 7 nitrogen and oxygen atoms in total. The van der Waals surface area contributed by atoms with Gasteiger partial charge in [0.15, 0.2) is 0 Å². The van der Waals surface area contributed by atoms with E-state index in [2.05, 4.69) is 17.1 Å². The highest BCUT2D eigenvalue weighted by Crippen LogP contribution is 2.35. The van der Waals surface area contributed by atoms with Crippen LogP contribution in [0.4, 0.5) is 0 Å². The van der Waals surface area contributed by atoms with Gasteiger partial charge in [0.1, 0.15) is 6.04 Å². The summed E-state index contributed by atoms with van der Waals surface area (Å²) >= 11 is 0. The SMILES string of the molecule is CC(=C[C@H](C(C)C)N(C)C(=O)[C@@H](NC(=O)C1CCCCN1C(C)C1CCC1)C(C)(C)C)C(=O)O. The molecule has 34 heavy (non-hydrogen) atoms. The van der Waals surface area contributed by atoms with Gasteiger partial charge in [0, 0.05) is 18.7 Å². The summed E-state index contributed by atoms with van der Waals surface area (Å²) in [6, 6.07) is -0.907. The number of likely N-dealkylation sites (N-methyl/N-ethyl adjacent to an activating group) is 1. The number of carbonyl (C=O) groups is 3. The van der Waals surface area contributed by atoms with Crippen LogP contribution in [0, 0.1) is 17.3 Å². The van der Waals surface area contributed by atoms with Gasteiger partial charge >= 0.3 is 5.97 Å². The zero-order chi connectivity index (χ0) is 25.8. The minimum absolute atomic E-state index is 0.0248. The Labute approximate surface area is 206 Å². The molecular weight excluding hydrogens is 430 g/mol. The molecule has 2 amide bonds. The van der Waals surface area contributed by atoms with Crippen LogP contribution in [-0.4, -0.2) is 70.4 Å². The van der Waals surface area contributed by atoms with Gasteiger partial charge in [0.25, 0.3) is 0 Å². The van der Waals surface area contributed by atoms with Crippen LogP contribution in [0.5, 0.6) is 0 Å². The number of nitrogens with one attached hydrogen (secondary N) is 1. The molecule has 0 aromatic carbocycles. The van der Waals surface area contributed by atoms with Crippen molar-refractivity contribution < 1.29 is 19.5 Å². The molecule has 0 radical (unpaired) electrons. The first-order chi connectivity index (χ1) is 15.8. The van der Waals surface area contributed by atoms with Crippen LogP contribution in [-0.2, 0) is 14.4 Å². The normalized spacial score (nSPS) is 23.1. The second kappa shape index (κ2) is 11.7. The van der Waals surface area contributed by atoms with Crippen molar-refractivity contribution in [2.75, 3.05) is 13.6 Å². The Bertz CT molecular complexity index is 766. The van der Waals surface area contributed by atoms with E-state index in [4.69, 9.17) is 0 Å². The molecule has 2 aliphatic rings. The highest BCUT2D eigenvalue weighted by Gasteiger charge is 2.41. The fourth-order valence-electron chi connectivity index (χ4n) is 5.23. The number of carboxylic acid groups (broad SMARTS) is 1. The Morgan fingerprint density at radius 2 is 1.68 bits per heavy atom. The standard InChI is InChI=1S/C27H47N3O4/c1-17(2)22(16-18(3)26(33)34)29(8)25(32)23(27(5,6)7)28-24(31)21-14-9-10-15-30(21)19(4)20-12-11-13-20/h16-17,19-23H,9-15H2,1-8H3,(H,28,31)(H,33,34)/t19?,21?,22-,23-/m1/s1. The molecule has 0 bridgehead atoms. The molecule has 194 valence electrons. The monoisotopic (exact) mass is 477 g/mol. The maximum atomic E-state index is 13.7. The maximum Gasteiger partial charge on any atom is 0.331 e. The van der Waals surface area contributed by atoms with Gasteiger partial charge in [-0.2, -0.15) is 0 Å². The Hall–Kier alpha value is -1.89. The van der Waals surface area contributed by atoms with Gasteiger partial charge in [-0.15, -0.1) is 0 Å². The fraction of sp³-hybridized carbons (Fsp3) is 0.815. The molecule has 1 aliphatic heterocycles. The number of hydrogen-bond donors (Lipinski definition) is 2. The Balaban J connectivity index is 2.23. The number of likely N-dealkylation sites (tertiary alicyclic amines) is 1. The van der Waals surface area contributed by atoms with E-state index in [1.54, 1.807) is 24.9 Å². The molecule has 0 aromatic rings. The summed E-state index contributed by atoms with van der Waals surface area (Å²) in [4.78, 5) is 42.6. The first-order valence-corrected chi connectivity index (χ1v) is 13.0. The third-order valence-electron chi connectivity index (χ3n) is 7.84. The van der Waals surface area contributed by atoms with Crippen LogP contribution in [0.1, 0.15) is 87.0 Å². The summed E-state index contributed by atoms with van der Waals surface area (Å²) in [5, 5.41) is 12.5. The lowest BCUT2D eigenvalue weighted by Gasteiger charge is -2.45. The number of aliphatic carboxylic acids is 1. The summed E-state index contributed by atoms with van der Waals surface area (Å²) in [7, 11) is 1.70. The summed E-state index contributed by atoms with van der Waals surface area (Å²) in [5.41, 5.74) is -0.287. The maximum absolute atomic E-state index is 13.7. The lowest BCUT2D eigenvalue weighted by Crippen LogP contribution is -2.61. The Kier molecular flexibility index (Phi) is 9.75. The van der Waals surface area contributed by atoms with Gasteiger partial charge in [-0.3, -0.25) is 14.5 Å². The van der Waals surface area contributed by atoms with Gasteiger partial charge in [-0.25, -0.2) is 4.79 Å². The minimum atomic E-state index is -0.995. The molecule has 4 atom stereocenters. The van der Waals surface area contributed by atoms with Crippen molar-refractivity contribution in [2.24, 2.45) is 17.3 Å². The molecule has 0 spiro atoms. The molecule has 1 saturated carbocycles. The fourth-order valence-corrected chi connectivity index (χ4v) is 5.23. The predicted octanol–water partition coefficient (Wildman–Crippen LogP) is 4.07. The predicted molar refractivity (Wildman–Crippen MR) is 135 cm³/mol. The van der Waals surface area contributed by atoms with Crippen molar-refractivity contribution in [2.45, 2.75) is 111 Å². The molecule has 1 saturated heterocycles. The number of nitrogens with zero attached hydrogens (tertiary/aromatic N) is 2. The molecular formula is C27H47N3O4. The quantitative estimate of drug-likeness (QED) is 0.489. The van der Waals surface area contributed by atoms with E-state index in [-0.39, 0.29) is 35.4 Å². The lowest BCUT2D eigenvalue weighted by atomic mass is 9.78. The average Bonchev–Trinajstić information content (AvgIpc) is 2.72. The lowest BCUT2D eigenvalue weighted by molar-refractivity contribution is -0.142. The van der Waals surface area contributed by atoms with E-state index in [0.29, 0.717) is 12.0 Å². The molecule has 2 rings (SSSR count). The van der Waals surface area contributed by atoms with Crippen molar-refractivity contribution in [3.05, 3.63) is 11.6 Å². The van der Waals surface area contributed by atoms with E-state index >= 15 is 0 Å². The largest absolute Gasteiger partial charge is 0.478 e. The summed E-state index contributed by atoms with van der Waals surface area (Å²) in [5.74, 6) is -0.563. The molecule has 7 heteroatoms. The summed E-state index contributed by atoms with van der Waals surface area (Å²) < 4.78 is 0. The molecule has 1 heterocycles. The van der Waals surface area contributed by atoms with Gasteiger partial charge in [-0.05, 0) is 63.3 Å². The topological polar surface area (TPSA) is 90.0 Å². The van der Waals surface area contributed by atoms with Crippen LogP contribution in [0.15, 0.2) is 11.6 Å². The van der Waals surface area contributed by atoms with E-state index in [1.807, 2.05) is 34.6 Å². The molecule has 0 aromatic heterocycles. The van der Waals surface area contributed by atoms with Crippen LogP contribution in [0.2, 0.25) is 0 Å². The van der Waals surface area contributed by atoms with Gasteiger partial charge < -0.3 is 15.3 Å². The van der Waals surface area contributed by atoms with Crippen molar-refractivity contribution in [1.29, 1.82) is 0 Å². The van der Waals surface area contributed by atoms with Gasteiger partial charge in [0.05, 0.1) is 12.1 Å². The van der Waals surface area contributed by atoms with Gasteiger partial charge in [-0.1, -0.05) is 53.5 Å². The second-order valence-corrected chi connectivity index (χ2v) is 11.8. The van der Waals surface area contributed by atoms with Crippen LogP contribution < -0.4 is 5.32 Å². The third kappa shape index (κ3) is 6.83. The Morgan fingerprint density at radius 3 is 2.15 bits per heavy atom. The van der Waals surface area contributed by atoms with E-state index in [9.17, 15) is 19.5 Å². The first-order valence-electron chi connectivity index (χ1n) is 13.0. The van der Waals surface area contributed by atoms with E-state index in [1.165, 1.54) is 19.3 Å². The molecule has 2 fully saturated rings. The van der Waals surface area contributed by atoms with Crippen molar-refractivity contribution in [1.82, 2.24) is 15.1 Å².